The van der Waals surface area contributed by atoms with Gasteiger partial charge in [0.1, 0.15) is 27.3 Å². The zero-order valence-corrected chi connectivity index (χ0v) is 11.8. The zero-order valence-electron chi connectivity index (χ0n) is 11.0. The number of aryl methyl sites for hydroxylation is 1. The molecule has 0 radical (unpaired) electrons. The minimum atomic E-state index is -2.89. The maximum Gasteiger partial charge on any atom is 0.147 e. The molecule has 0 atom stereocenters. The van der Waals surface area contributed by atoms with Crippen molar-refractivity contribution in [3.63, 3.8) is 0 Å². The quantitative estimate of drug-likeness (QED) is 0.718. The van der Waals surface area contributed by atoms with Crippen LogP contribution in [0.2, 0.25) is 0 Å². The molecule has 0 aromatic carbocycles. The molecule has 1 rings (SSSR count). The molecule has 18 heavy (non-hydrogen) atoms. The molecule has 0 saturated carbocycles. The molecule has 1 heterocycles. The van der Waals surface area contributed by atoms with E-state index in [-0.39, 0.29) is 5.75 Å². The van der Waals surface area contributed by atoms with E-state index in [0.29, 0.717) is 13.0 Å². The average Bonchev–Trinajstić information content (AvgIpc) is 2.33. The molecule has 1 aromatic heterocycles. The van der Waals surface area contributed by atoms with Crippen LogP contribution >= 0.6 is 0 Å². The normalized spacial score (nSPS) is 11.3. The summed E-state index contributed by atoms with van der Waals surface area (Å²) in [5, 5.41) is 6.08. The van der Waals surface area contributed by atoms with Crippen LogP contribution in [0.25, 0.3) is 0 Å². The van der Waals surface area contributed by atoms with E-state index >= 15 is 0 Å². The van der Waals surface area contributed by atoms with E-state index in [1.807, 2.05) is 6.92 Å². The second-order valence-electron chi connectivity index (χ2n) is 4.07. The Balaban J connectivity index is 2.56. The predicted molar refractivity (Wildman–Crippen MR) is 73.8 cm³/mol. The van der Waals surface area contributed by atoms with Crippen LogP contribution in [-0.4, -0.2) is 44.0 Å². The van der Waals surface area contributed by atoms with Gasteiger partial charge in [0.2, 0.25) is 0 Å². The molecular weight excluding hydrogens is 252 g/mol. The second-order valence-corrected chi connectivity index (χ2v) is 6.33. The predicted octanol–water partition coefficient (Wildman–Crippen LogP) is 0.927. The summed E-state index contributed by atoms with van der Waals surface area (Å²) in [6, 6.07) is 1.81. The van der Waals surface area contributed by atoms with Gasteiger partial charge in [-0.3, -0.25) is 0 Å². The molecule has 6 nitrogen and oxygen atoms in total. The highest BCUT2D eigenvalue weighted by molar-refractivity contribution is 7.90. The molecule has 0 aliphatic rings. The van der Waals surface area contributed by atoms with Gasteiger partial charge in [-0.2, -0.15) is 0 Å². The van der Waals surface area contributed by atoms with Crippen molar-refractivity contribution in [1.82, 2.24) is 9.97 Å². The van der Waals surface area contributed by atoms with Crippen molar-refractivity contribution in [2.75, 3.05) is 36.2 Å². The number of nitrogens with one attached hydrogen (secondary N) is 2. The lowest BCUT2D eigenvalue weighted by molar-refractivity contribution is 0.600. The van der Waals surface area contributed by atoms with Crippen LogP contribution in [0, 0.1) is 0 Å². The molecule has 2 N–H and O–H groups in total. The van der Waals surface area contributed by atoms with E-state index in [0.717, 1.165) is 23.9 Å². The van der Waals surface area contributed by atoms with Crippen molar-refractivity contribution in [3.8, 4) is 0 Å². The van der Waals surface area contributed by atoms with E-state index in [9.17, 15) is 8.42 Å². The summed E-state index contributed by atoms with van der Waals surface area (Å²) in [7, 11) is -1.09. The first-order valence-electron chi connectivity index (χ1n) is 5.92. The lowest BCUT2D eigenvalue weighted by Gasteiger charge is -2.08. The topological polar surface area (TPSA) is 84.0 Å². The Kier molecular flexibility index (Phi) is 5.33. The average molecular weight is 272 g/mol. The highest BCUT2D eigenvalue weighted by Crippen LogP contribution is 2.11. The van der Waals surface area contributed by atoms with Gasteiger partial charge >= 0.3 is 0 Å². The van der Waals surface area contributed by atoms with Gasteiger partial charge in [-0.15, -0.1) is 0 Å². The molecule has 0 fully saturated rings. The van der Waals surface area contributed by atoms with Crippen LogP contribution in [0.15, 0.2) is 6.07 Å². The molecule has 0 aliphatic heterocycles. The Bertz CT molecular complexity index is 466. The van der Waals surface area contributed by atoms with E-state index < -0.39 is 9.84 Å². The maximum absolute atomic E-state index is 11.0. The van der Waals surface area contributed by atoms with Crippen molar-refractivity contribution >= 4 is 21.5 Å². The van der Waals surface area contributed by atoms with Crippen molar-refractivity contribution < 1.29 is 8.42 Å². The van der Waals surface area contributed by atoms with Gasteiger partial charge in [0.05, 0.1) is 5.75 Å². The van der Waals surface area contributed by atoms with Gasteiger partial charge < -0.3 is 10.6 Å². The third-order valence-electron chi connectivity index (χ3n) is 2.34. The number of rotatable bonds is 7. The number of hydrogen-bond donors (Lipinski definition) is 2. The Morgan fingerprint density at radius 1 is 1.28 bits per heavy atom. The summed E-state index contributed by atoms with van der Waals surface area (Å²) in [5.41, 5.74) is 0. The number of sulfone groups is 1. The highest BCUT2D eigenvalue weighted by atomic mass is 32.2. The Morgan fingerprint density at radius 3 is 2.50 bits per heavy atom. The van der Waals surface area contributed by atoms with E-state index in [2.05, 4.69) is 20.6 Å². The summed E-state index contributed by atoms with van der Waals surface area (Å²) in [6.07, 6.45) is 2.57. The molecule has 0 unspecified atom stereocenters. The van der Waals surface area contributed by atoms with Crippen molar-refractivity contribution in [2.45, 2.75) is 19.8 Å². The van der Waals surface area contributed by atoms with Crippen LogP contribution in [0.3, 0.4) is 0 Å². The first kappa shape index (κ1) is 14.7. The molecule has 7 heteroatoms. The number of nitrogens with zero attached hydrogens (tertiary/aromatic N) is 2. The number of aromatic nitrogens is 2. The molecule has 0 bridgehead atoms. The molecule has 0 spiro atoms. The molecule has 1 aromatic rings. The first-order chi connectivity index (χ1) is 8.44. The van der Waals surface area contributed by atoms with Crippen LogP contribution < -0.4 is 10.6 Å². The molecule has 0 aliphatic carbocycles. The van der Waals surface area contributed by atoms with Gasteiger partial charge in [0.15, 0.2) is 0 Å². The summed E-state index contributed by atoms with van der Waals surface area (Å²) in [5.74, 6) is 2.42. The molecular formula is C11H20N4O2S. The van der Waals surface area contributed by atoms with Crippen molar-refractivity contribution in [1.29, 1.82) is 0 Å². The van der Waals surface area contributed by atoms with E-state index in [4.69, 9.17) is 0 Å². The van der Waals surface area contributed by atoms with Gasteiger partial charge in [0, 0.05) is 32.3 Å². The molecule has 0 saturated heterocycles. The standard InChI is InChI=1S/C11H20N4O2S/c1-4-9-14-10(12-2)8-11(15-9)13-6-5-7-18(3,16)17/h8H,4-7H2,1-3H3,(H2,12,13,14,15). The third kappa shape index (κ3) is 5.31. The van der Waals surface area contributed by atoms with Gasteiger partial charge in [-0.05, 0) is 6.42 Å². The van der Waals surface area contributed by atoms with E-state index in [1.165, 1.54) is 6.26 Å². The summed E-state index contributed by atoms with van der Waals surface area (Å²) >= 11 is 0. The minimum absolute atomic E-state index is 0.185. The van der Waals surface area contributed by atoms with Gasteiger partial charge in [-0.1, -0.05) is 6.92 Å². The largest absolute Gasteiger partial charge is 0.373 e. The highest BCUT2D eigenvalue weighted by Gasteiger charge is 2.04. The smallest absolute Gasteiger partial charge is 0.147 e. The van der Waals surface area contributed by atoms with Gasteiger partial charge in [-0.25, -0.2) is 18.4 Å². The minimum Gasteiger partial charge on any atom is -0.373 e. The Hall–Kier alpha value is -1.37. The Morgan fingerprint density at radius 2 is 1.94 bits per heavy atom. The summed E-state index contributed by atoms with van der Waals surface area (Å²) in [4.78, 5) is 8.60. The fraction of sp³-hybridized carbons (Fsp3) is 0.636. The lowest BCUT2D eigenvalue weighted by Crippen LogP contribution is -2.11. The summed E-state index contributed by atoms with van der Waals surface area (Å²) in [6.45, 7) is 2.57. The maximum atomic E-state index is 11.0. The SMILES string of the molecule is CCc1nc(NC)cc(NCCCS(C)(=O)=O)n1. The van der Waals surface area contributed by atoms with Crippen molar-refractivity contribution in [2.24, 2.45) is 0 Å². The first-order valence-corrected chi connectivity index (χ1v) is 7.98. The number of hydrogen-bond acceptors (Lipinski definition) is 6. The number of anilines is 2. The monoisotopic (exact) mass is 272 g/mol. The summed E-state index contributed by atoms with van der Waals surface area (Å²) < 4.78 is 22.0. The Labute approximate surface area is 108 Å². The van der Waals surface area contributed by atoms with Gasteiger partial charge in [0.25, 0.3) is 0 Å². The fourth-order valence-electron chi connectivity index (χ4n) is 1.42. The van der Waals surface area contributed by atoms with Crippen LogP contribution in [-0.2, 0) is 16.3 Å². The van der Waals surface area contributed by atoms with E-state index in [1.54, 1.807) is 13.1 Å². The van der Waals surface area contributed by atoms with Crippen LogP contribution in [0.4, 0.5) is 11.6 Å². The second kappa shape index (κ2) is 6.53. The van der Waals surface area contributed by atoms with Crippen molar-refractivity contribution in [3.05, 3.63) is 11.9 Å². The lowest BCUT2D eigenvalue weighted by atomic mass is 10.4. The zero-order chi connectivity index (χ0) is 13.6. The molecule has 0 amide bonds. The third-order valence-corrected chi connectivity index (χ3v) is 3.37. The molecule has 102 valence electrons. The van der Waals surface area contributed by atoms with Crippen LogP contribution in [0.1, 0.15) is 19.2 Å². The fourth-order valence-corrected chi connectivity index (χ4v) is 2.09. The van der Waals surface area contributed by atoms with Crippen LogP contribution in [0.5, 0.6) is 0 Å².